The summed E-state index contributed by atoms with van der Waals surface area (Å²) in [6.45, 7) is 20.3. The van der Waals surface area contributed by atoms with Crippen LogP contribution in [-0.4, -0.2) is 50.1 Å². The molecule has 0 aromatic heterocycles. The summed E-state index contributed by atoms with van der Waals surface area (Å²) < 4.78 is 0. The van der Waals surface area contributed by atoms with Crippen LogP contribution in [0, 0.1) is 28.1 Å². The van der Waals surface area contributed by atoms with Crippen molar-refractivity contribution in [3.05, 3.63) is 0 Å². The zero-order chi connectivity index (χ0) is 18.9. The third-order valence-electron chi connectivity index (χ3n) is 7.83. The van der Waals surface area contributed by atoms with Gasteiger partial charge < -0.3 is 9.80 Å². The molecule has 0 aliphatic carbocycles. The Balaban J connectivity index is 2.12. The lowest BCUT2D eigenvalue weighted by molar-refractivity contribution is 0.0203. The molecule has 2 heterocycles. The van der Waals surface area contributed by atoms with Gasteiger partial charge in [-0.1, -0.05) is 48.0 Å². The average Bonchev–Trinajstić information content (AvgIpc) is 2.64. The Kier molecular flexibility index (Phi) is 6.69. The predicted octanol–water partition coefficient (Wildman–Crippen LogP) is 5.53. The van der Waals surface area contributed by atoms with Crippen molar-refractivity contribution in [3.63, 3.8) is 0 Å². The van der Waals surface area contributed by atoms with Gasteiger partial charge in [-0.25, -0.2) is 0 Å². The molecule has 0 amide bonds. The minimum Gasteiger partial charge on any atom is -0.306 e. The maximum absolute atomic E-state index is 2.62. The van der Waals surface area contributed by atoms with Crippen LogP contribution in [0.15, 0.2) is 0 Å². The van der Waals surface area contributed by atoms with Gasteiger partial charge in [0.05, 0.1) is 0 Å². The van der Waals surface area contributed by atoms with E-state index in [1.807, 2.05) is 0 Å². The number of hydrogen-bond acceptors (Lipinski definition) is 2. The van der Waals surface area contributed by atoms with Crippen LogP contribution in [-0.2, 0) is 0 Å². The first-order valence-corrected chi connectivity index (χ1v) is 10.8. The molecule has 2 atom stereocenters. The summed E-state index contributed by atoms with van der Waals surface area (Å²) in [7, 11) is 4.60. The Labute approximate surface area is 158 Å². The summed E-state index contributed by atoms with van der Waals surface area (Å²) in [5, 5.41) is 0. The molecule has 25 heavy (non-hydrogen) atoms. The molecule has 0 saturated carbocycles. The summed E-state index contributed by atoms with van der Waals surface area (Å²) in [4.78, 5) is 5.08. The van der Waals surface area contributed by atoms with Crippen molar-refractivity contribution in [1.82, 2.24) is 9.80 Å². The van der Waals surface area contributed by atoms with Gasteiger partial charge in [-0.15, -0.1) is 0 Å². The van der Waals surface area contributed by atoms with Crippen LogP contribution in [0.3, 0.4) is 0 Å². The highest BCUT2D eigenvalue weighted by molar-refractivity contribution is 4.94. The van der Waals surface area contributed by atoms with Gasteiger partial charge in [-0.2, -0.15) is 0 Å². The lowest BCUT2D eigenvalue weighted by Gasteiger charge is -2.48. The van der Waals surface area contributed by atoms with E-state index in [1.54, 1.807) is 0 Å². The van der Waals surface area contributed by atoms with Gasteiger partial charge >= 0.3 is 0 Å². The Hall–Kier alpha value is -0.0800. The predicted molar refractivity (Wildman–Crippen MR) is 111 cm³/mol. The van der Waals surface area contributed by atoms with Crippen molar-refractivity contribution in [3.8, 4) is 0 Å². The highest BCUT2D eigenvalue weighted by atomic mass is 15.1. The van der Waals surface area contributed by atoms with Crippen molar-refractivity contribution in [2.24, 2.45) is 28.1 Å². The second kappa shape index (κ2) is 7.89. The van der Waals surface area contributed by atoms with Crippen LogP contribution in [0.5, 0.6) is 0 Å². The van der Waals surface area contributed by atoms with E-state index >= 15 is 0 Å². The SMILES string of the molecule is CCC(C)(CC(C)(C)C1CCN(C)CC1)C1CCN(C)CC(C)(C)C1. The normalized spacial score (nSPS) is 30.0. The third kappa shape index (κ3) is 5.45. The topological polar surface area (TPSA) is 6.48 Å². The molecule has 2 aliphatic heterocycles. The number of hydrogen-bond donors (Lipinski definition) is 0. The van der Waals surface area contributed by atoms with Gasteiger partial charge in [0.2, 0.25) is 0 Å². The third-order valence-corrected chi connectivity index (χ3v) is 7.83. The summed E-state index contributed by atoms with van der Waals surface area (Å²) in [5.41, 5.74) is 1.40. The zero-order valence-corrected chi connectivity index (χ0v) is 18.6. The van der Waals surface area contributed by atoms with Gasteiger partial charge in [0.25, 0.3) is 0 Å². The van der Waals surface area contributed by atoms with Crippen molar-refractivity contribution in [2.45, 2.75) is 80.1 Å². The fourth-order valence-corrected chi connectivity index (χ4v) is 6.15. The van der Waals surface area contributed by atoms with Crippen LogP contribution in [0.4, 0.5) is 0 Å². The maximum Gasteiger partial charge on any atom is 0.00297 e. The first kappa shape index (κ1) is 21.2. The molecule has 148 valence electrons. The number of nitrogens with zero attached hydrogens (tertiary/aromatic N) is 2. The molecular formula is C23H46N2. The Bertz CT molecular complexity index is 420. The van der Waals surface area contributed by atoms with Crippen molar-refractivity contribution in [1.29, 1.82) is 0 Å². The van der Waals surface area contributed by atoms with E-state index in [9.17, 15) is 0 Å². The molecule has 0 N–H and O–H groups in total. The largest absolute Gasteiger partial charge is 0.306 e. The van der Waals surface area contributed by atoms with Crippen LogP contribution >= 0.6 is 0 Å². The van der Waals surface area contributed by atoms with Crippen LogP contribution in [0.1, 0.15) is 80.1 Å². The summed E-state index contributed by atoms with van der Waals surface area (Å²) in [6, 6.07) is 0. The van der Waals surface area contributed by atoms with E-state index < -0.39 is 0 Å². The second-order valence-corrected chi connectivity index (χ2v) is 11.3. The van der Waals surface area contributed by atoms with Gasteiger partial charge in [0.1, 0.15) is 0 Å². The number of piperidine rings is 1. The van der Waals surface area contributed by atoms with E-state index in [2.05, 4.69) is 65.4 Å². The smallest absolute Gasteiger partial charge is 0.00297 e. The van der Waals surface area contributed by atoms with Crippen LogP contribution in [0.25, 0.3) is 0 Å². The van der Waals surface area contributed by atoms with E-state index in [0.717, 1.165) is 11.8 Å². The van der Waals surface area contributed by atoms with Crippen molar-refractivity contribution >= 4 is 0 Å². The van der Waals surface area contributed by atoms with E-state index in [0.29, 0.717) is 16.2 Å². The molecule has 2 rings (SSSR count). The molecule has 2 fully saturated rings. The van der Waals surface area contributed by atoms with E-state index in [4.69, 9.17) is 0 Å². The molecule has 0 aromatic carbocycles. The van der Waals surface area contributed by atoms with Crippen molar-refractivity contribution < 1.29 is 0 Å². The Morgan fingerprint density at radius 1 is 0.880 bits per heavy atom. The second-order valence-electron chi connectivity index (χ2n) is 11.3. The first-order valence-electron chi connectivity index (χ1n) is 10.8. The summed E-state index contributed by atoms with van der Waals surface area (Å²) >= 11 is 0. The van der Waals surface area contributed by atoms with Gasteiger partial charge in [-0.05, 0) is 93.9 Å². The molecular weight excluding hydrogens is 304 g/mol. The lowest BCUT2D eigenvalue weighted by Crippen LogP contribution is -2.41. The van der Waals surface area contributed by atoms with Gasteiger partial charge in [0, 0.05) is 6.54 Å². The Morgan fingerprint density at radius 3 is 1.96 bits per heavy atom. The zero-order valence-electron chi connectivity index (χ0n) is 18.6. The molecule has 2 nitrogen and oxygen atoms in total. The number of rotatable bonds is 5. The lowest BCUT2D eigenvalue weighted by atomic mass is 9.58. The fourth-order valence-electron chi connectivity index (χ4n) is 6.15. The molecule has 0 radical (unpaired) electrons. The molecule has 2 aliphatic rings. The van der Waals surface area contributed by atoms with Gasteiger partial charge in [0.15, 0.2) is 0 Å². The fraction of sp³-hybridized carbons (Fsp3) is 1.00. The average molecular weight is 351 g/mol. The van der Waals surface area contributed by atoms with E-state index in [-0.39, 0.29) is 0 Å². The molecule has 2 unspecified atom stereocenters. The molecule has 2 heteroatoms. The van der Waals surface area contributed by atoms with Crippen molar-refractivity contribution in [2.75, 3.05) is 40.3 Å². The monoisotopic (exact) mass is 350 g/mol. The molecule has 0 aromatic rings. The highest BCUT2D eigenvalue weighted by Crippen LogP contribution is 2.52. The number of likely N-dealkylation sites (tertiary alicyclic amines) is 2. The maximum atomic E-state index is 2.62. The van der Waals surface area contributed by atoms with Gasteiger partial charge in [-0.3, -0.25) is 0 Å². The summed E-state index contributed by atoms with van der Waals surface area (Å²) in [6.07, 6.45) is 8.28. The summed E-state index contributed by atoms with van der Waals surface area (Å²) in [5.74, 6) is 1.76. The molecule has 0 bridgehead atoms. The molecule has 0 spiro atoms. The Morgan fingerprint density at radius 2 is 1.40 bits per heavy atom. The quantitative estimate of drug-likeness (QED) is 0.643. The van der Waals surface area contributed by atoms with E-state index in [1.165, 1.54) is 64.7 Å². The highest BCUT2D eigenvalue weighted by Gasteiger charge is 2.43. The minimum absolute atomic E-state index is 0.448. The van der Waals surface area contributed by atoms with Crippen LogP contribution in [0.2, 0.25) is 0 Å². The first-order chi connectivity index (χ1) is 11.5. The minimum atomic E-state index is 0.448. The standard InChI is InChI=1S/C23H46N2/c1-9-23(6,20-12-15-25(8)18-21(2,3)16-20)17-22(4,5)19-10-13-24(7)14-11-19/h19-20H,9-18H2,1-8H3. The van der Waals surface area contributed by atoms with Crippen LogP contribution < -0.4 is 0 Å². The molecule has 2 saturated heterocycles.